The van der Waals surface area contributed by atoms with Gasteiger partial charge in [-0.1, -0.05) is 25.5 Å². The second-order valence-corrected chi connectivity index (χ2v) is 5.29. The predicted molar refractivity (Wildman–Crippen MR) is 76.7 cm³/mol. The van der Waals surface area contributed by atoms with Crippen molar-refractivity contribution in [2.75, 3.05) is 6.54 Å². The Bertz CT molecular complexity index is 447. The molecule has 0 amide bonds. The number of benzene rings is 1. The molecule has 5 N–H and O–H groups in total. The minimum atomic E-state index is -0.843. The number of aromatic hydroxyl groups is 2. The minimum absolute atomic E-state index is 0.0643. The maximum atomic E-state index is 10.9. The van der Waals surface area contributed by atoms with Crippen molar-refractivity contribution in [2.45, 2.75) is 32.6 Å². The van der Waals surface area contributed by atoms with E-state index in [9.17, 15) is 15.0 Å². The van der Waals surface area contributed by atoms with E-state index in [1.165, 1.54) is 6.07 Å². The van der Waals surface area contributed by atoms with Crippen molar-refractivity contribution < 1.29 is 20.1 Å². The van der Waals surface area contributed by atoms with Gasteiger partial charge in [-0.25, -0.2) is 0 Å². The fourth-order valence-electron chi connectivity index (χ4n) is 2.32. The van der Waals surface area contributed by atoms with E-state index in [1.54, 1.807) is 12.1 Å². The quantitative estimate of drug-likeness (QED) is 0.546. The average Bonchev–Trinajstić information content (AvgIpc) is 2.40. The van der Waals surface area contributed by atoms with E-state index in [0.717, 1.165) is 12.8 Å². The molecule has 0 aliphatic rings. The lowest BCUT2D eigenvalue weighted by molar-refractivity contribution is -0.141. The number of carbonyl (C=O) groups is 1. The van der Waals surface area contributed by atoms with E-state index in [2.05, 4.69) is 0 Å². The second-order valence-electron chi connectivity index (χ2n) is 5.29. The van der Waals surface area contributed by atoms with Crippen molar-refractivity contribution in [2.24, 2.45) is 17.6 Å². The first-order valence-electron chi connectivity index (χ1n) is 6.88. The molecule has 5 nitrogen and oxygen atoms in total. The van der Waals surface area contributed by atoms with Gasteiger partial charge in [0.05, 0.1) is 5.92 Å². The third-order valence-corrected chi connectivity index (χ3v) is 3.56. The molecule has 0 aliphatic heterocycles. The van der Waals surface area contributed by atoms with Crippen LogP contribution < -0.4 is 5.73 Å². The summed E-state index contributed by atoms with van der Waals surface area (Å²) in [6.07, 6.45) is 2.91. The highest BCUT2D eigenvalue weighted by atomic mass is 16.4. The largest absolute Gasteiger partial charge is 0.504 e. The Morgan fingerprint density at radius 2 is 2.05 bits per heavy atom. The molecular weight excluding hydrogens is 258 g/mol. The molecule has 112 valence electrons. The zero-order valence-electron chi connectivity index (χ0n) is 11.7. The minimum Gasteiger partial charge on any atom is -0.504 e. The normalized spacial score (nSPS) is 13.9. The SMILES string of the molecule is CC(CCCc1cccc(O)c1O)CC(CN)C(=O)O. The van der Waals surface area contributed by atoms with E-state index >= 15 is 0 Å². The fourth-order valence-corrected chi connectivity index (χ4v) is 2.32. The van der Waals surface area contributed by atoms with Gasteiger partial charge in [0.15, 0.2) is 11.5 Å². The maximum Gasteiger partial charge on any atom is 0.307 e. The van der Waals surface area contributed by atoms with Crippen molar-refractivity contribution in [3.8, 4) is 11.5 Å². The van der Waals surface area contributed by atoms with E-state index in [4.69, 9.17) is 10.8 Å². The molecule has 0 spiro atoms. The van der Waals surface area contributed by atoms with E-state index < -0.39 is 11.9 Å². The first-order valence-corrected chi connectivity index (χ1v) is 6.88. The van der Waals surface area contributed by atoms with Gasteiger partial charge in [0.1, 0.15) is 0 Å². The van der Waals surface area contributed by atoms with Crippen LogP contribution in [0.1, 0.15) is 31.7 Å². The average molecular weight is 281 g/mol. The molecule has 1 rings (SSSR count). The number of aliphatic carboxylic acids is 1. The zero-order valence-corrected chi connectivity index (χ0v) is 11.7. The van der Waals surface area contributed by atoms with Crippen LogP contribution in [-0.2, 0) is 11.2 Å². The summed E-state index contributed by atoms with van der Waals surface area (Å²) in [5.41, 5.74) is 6.15. The summed E-state index contributed by atoms with van der Waals surface area (Å²) in [6.45, 7) is 2.17. The summed E-state index contributed by atoms with van der Waals surface area (Å²) in [4.78, 5) is 10.9. The van der Waals surface area contributed by atoms with Crippen LogP contribution in [0.5, 0.6) is 11.5 Å². The van der Waals surface area contributed by atoms with Crippen molar-refractivity contribution in [1.29, 1.82) is 0 Å². The van der Waals surface area contributed by atoms with Crippen LogP contribution in [0.25, 0.3) is 0 Å². The molecule has 0 radical (unpaired) electrons. The number of aryl methyl sites for hydroxylation is 1. The van der Waals surface area contributed by atoms with Crippen LogP contribution in [0.4, 0.5) is 0 Å². The lowest BCUT2D eigenvalue weighted by atomic mass is 9.91. The van der Waals surface area contributed by atoms with Crippen LogP contribution in [0.3, 0.4) is 0 Å². The second kappa shape index (κ2) is 7.75. The third-order valence-electron chi connectivity index (χ3n) is 3.56. The fraction of sp³-hybridized carbons (Fsp3) is 0.533. The van der Waals surface area contributed by atoms with Gasteiger partial charge in [-0.15, -0.1) is 0 Å². The molecule has 2 unspecified atom stereocenters. The molecule has 1 aromatic carbocycles. The number of nitrogens with two attached hydrogens (primary N) is 1. The summed E-state index contributed by atoms with van der Waals surface area (Å²) in [6, 6.07) is 4.92. The number of hydrogen-bond acceptors (Lipinski definition) is 4. The number of para-hydroxylation sites is 1. The summed E-state index contributed by atoms with van der Waals surface area (Å²) >= 11 is 0. The Morgan fingerprint density at radius 1 is 1.35 bits per heavy atom. The maximum absolute atomic E-state index is 10.9. The molecule has 0 saturated carbocycles. The Kier molecular flexibility index (Phi) is 6.31. The molecular formula is C15H23NO4. The topological polar surface area (TPSA) is 104 Å². The first kappa shape index (κ1) is 16.3. The smallest absolute Gasteiger partial charge is 0.307 e. The van der Waals surface area contributed by atoms with Gasteiger partial charge in [0.2, 0.25) is 0 Å². The van der Waals surface area contributed by atoms with Crippen molar-refractivity contribution >= 4 is 5.97 Å². The molecule has 5 heteroatoms. The number of hydrogen-bond donors (Lipinski definition) is 4. The van der Waals surface area contributed by atoms with Crippen LogP contribution >= 0.6 is 0 Å². The highest BCUT2D eigenvalue weighted by Gasteiger charge is 2.18. The standard InChI is InChI=1S/C15H23NO4/c1-10(8-12(9-16)15(19)20)4-2-5-11-6-3-7-13(17)14(11)18/h3,6-7,10,12,17-18H,2,4-5,8-9,16H2,1H3,(H,19,20). The number of rotatable bonds is 8. The monoisotopic (exact) mass is 281 g/mol. The number of carboxylic acid groups (broad SMARTS) is 1. The molecule has 1 aromatic rings. The molecule has 0 saturated heterocycles. The molecule has 0 aliphatic carbocycles. The van der Waals surface area contributed by atoms with Crippen molar-refractivity contribution in [1.82, 2.24) is 0 Å². The highest BCUT2D eigenvalue weighted by molar-refractivity contribution is 5.70. The summed E-state index contributed by atoms with van der Waals surface area (Å²) < 4.78 is 0. The van der Waals surface area contributed by atoms with Gasteiger partial charge in [0, 0.05) is 6.54 Å². The highest BCUT2D eigenvalue weighted by Crippen LogP contribution is 2.29. The van der Waals surface area contributed by atoms with Crippen LogP contribution in [-0.4, -0.2) is 27.8 Å². The Labute approximate surface area is 119 Å². The Balaban J connectivity index is 2.40. The third kappa shape index (κ3) is 4.74. The van der Waals surface area contributed by atoms with Crippen molar-refractivity contribution in [3.63, 3.8) is 0 Å². The molecule has 0 fully saturated rings. The molecule has 2 atom stereocenters. The van der Waals surface area contributed by atoms with Gasteiger partial charge >= 0.3 is 5.97 Å². The van der Waals surface area contributed by atoms with Crippen LogP contribution in [0.15, 0.2) is 18.2 Å². The summed E-state index contributed by atoms with van der Waals surface area (Å²) in [5.74, 6) is -1.24. The van der Waals surface area contributed by atoms with Gasteiger partial charge in [-0.2, -0.15) is 0 Å². The van der Waals surface area contributed by atoms with Crippen molar-refractivity contribution in [3.05, 3.63) is 23.8 Å². The van der Waals surface area contributed by atoms with Crippen LogP contribution in [0, 0.1) is 11.8 Å². The predicted octanol–water partition coefficient (Wildman–Crippen LogP) is 2.11. The summed E-state index contributed by atoms with van der Waals surface area (Å²) in [7, 11) is 0. The van der Waals surface area contributed by atoms with Gasteiger partial charge in [0.25, 0.3) is 0 Å². The summed E-state index contributed by atoms with van der Waals surface area (Å²) in [5, 5.41) is 28.0. The number of carboxylic acids is 1. The van der Waals surface area contributed by atoms with Gasteiger partial charge < -0.3 is 21.1 Å². The van der Waals surface area contributed by atoms with Gasteiger partial charge in [-0.3, -0.25) is 4.79 Å². The Morgan fingerprint density at radius 3 is 2.65 bits per heavy atom. The molecule has 0 aromatic heterocycles. The molecule has 0 bridgehead atoms. The van der Waals surface area contributed by atoms with Gasteiger partial charge in [-0.05, 0) is 36.8 Å². The zero-order chi connectivity index (χ0) is 15.1. The Hall–Kier alpha value is -1.75. The molecule has 20 heavy (non-hydrogen) atoms. The lowest BCUT2D eigenvalue weighted by Crippen LogP contribution is -2.25. The van der Waals surface area contributed by atoms with Crippen LogP contribution in [0.2, 0.25) is 0 Å². The number of phenols is 2. The van der Waals surface area contributed by atoms with E-state index in [1.807, 2.05) is 6.92 Å². The lowest BCUT2D eigenvalue weighted by Gasteiger charge is -2.16. The first-order chi connectivity index (χ1) is 9.45. The van der Waals surface area contributed by atoms with E-state index in [-0.39, 0.29) is 24.0 Å². The number of phenolic OH excluding ortho intramolecular Hbond substituents is 2. The van der Waals surface area contributed by atoms with E-state index in [0.29, 0.717) is 18.4 Å². The molecule has 0 heterocycles.